The third-order valence-corrected chi connectivity index (χ3v) is 3.83. The number of amides is 1. The monoisotopic (exact) mass is 289 g/mol. The van der Waals surface area contributed by atoms with Crippen LogP contribution in [0.25, 0.3) is 11.5 Å². The molecule has 0 unspecified atom stereocenters. The lowest BCUT2D eigenvalue weighted by molar-refractivity contribution is 0.0931. The second-order valence-electron chi connectivity index (χ2n) is 5.36. The molecule has 0 bridgehead atoms. The fourth-order valence-corrected chi connectivity index (χ4v) is 2.56. The Labute approximate surface area is 123 Å². The molecule has 2 aromatic rings. The Morgan fingerprint density at radius 3 is 2.95 bits per heavy atom. The van der Waals surface area contributed by atoms with Gasteiger partial charge in [0.05, 0.1) is 6.26 Å². The van der Waals surface area contributed by atoms with Crippen LogP contribution in [0.4, 0.5) is 0 Å². The number of furan rings is 1. The first-order chi connectivity index (χ1) is 10.2. The summed E-state index contributed by atoms with van der Waals surface area (Å²) in [4.78, 5) is 14.5. The minimum atomic E-state index is -0.220. The number of likely N-dealkylation sites (tertiary alicyclic amines) is 1. The highest BCUT2D eigenvalue weighted by molar-refractivity contribution is 5.92. The molecule has 1 amide bonds. The molecule has 1 aliphatic rings. The summed E-state index contributed by atoms with van der Waals surface area (Å²) in [6.07, 6.45) is 4.04. The van der Waals surface area contributed by atoms with Gasteiger partial charge in [-0.1, -0.05) is 5.16 Å². The van der Waals surface area contributed by atoms with Gasteiger partial charge in [0, 0.05) is 18.7 Å². The number of nitrogens with zero attached hydrogens (tertiary/aromatic N) is 2. The van der Waals surface area contributed by atoms with Crippen LogP contribution in [-0.2, 0) is 0 Å². The molecule has 1 atom stereocenters. The molecular weight excluding hydrogens is 270 g/mol. The molecule has 1 N–H and O–H groups in total. The standard InChI is InChI=1S/C15H19N3O3/c1-11(18-6-2-3-7-18)10-16-15(19)12-9-14(21-17-12)13-5-4-8-20-13/h4-5,8-9,11H,2-3,6-7,10H2,1H3,(H,16,19)/t11-/m0/s1. The Hall–Kier alpha value is -2.08. The summed E-state index contributed by atoms with van der Waals surface area (Å²) in [7, 11) is 0. The van der Waals surface area contributed by atoms with Gasteiger partial charge in [-0.25, -0.2) is 0 Å². The molecule has 1 aliphatic heterocycles. The summed E-state index contributed by atoms with van der Waals surface area (Å²) in [6.45, 7) is 4.97. The Kier molecular flexibility index (Phi) is 4.06. The van der Waals surface area contributed by atoms with Gasteiger partial charge >= 0.3 is 0 Å². The smallest absolute Gasteiger partial charge is 0.273 e. The zero-order valence-corrected chi connectivity index (χ0v) is 12.0. The van der Waals surface area contributed by atoms with E-state index in [4.69, 9.17) is 8.94 Å². The lowest BCUT2D eigenvalue weighted by atomic mass is 10.2. The predicted molar refractivity (Wildman–Crippen MR) is 76.8 cm³/mol. The van der Waals surface area contributed by atoms with E-state index in [9.17, 15) is 4.79 Å². The van der Waals surface area contributed by atoms with Crippen LogP contribution in [-0.4, -0.2) is 41.6 Å². The Bertz CT molecular complexity index is 585. The molecule has 0 aromatic carbocycles. The van der Waals surface area contributed by atoms with E-state index in [1.54, 1.807) is 24.5 Å². The third kappa shape index (κ3) is 3.16. The number of nitrogens with one attached hydrogen (secondary N) is 1. The zero-order chi connectivity index (χ0) is 14.7. The van der Waals surface area contributed by atoms with Crippen molar-refractivity contribution < 1.29 is 13.7 Å². The maximum Gasteiger partial charge on any atom is 0.273 e. The topological polar surface area (TPSA) is 71.5 Å². The van der Waals surface area contributed by atoms with Gasteiger partial charge in [0.2, 0.25) is 5.76 Å². The van der Waals surface area contributed by atoms with Crippen LogP contribution in [0.5, 0.6) is 0 Å². The van der Waals surface area contributed by atoms with Crippen molar-refractivity contribution in [2.75, 3.05) is 19.6 Å². The largest absolute Gasteiger partial charge is 0.461 e. The molecule has 6 heteroatoms. The lowest BCUT2D eigenvalue weighted by Crippen LogP contribution is -2.40. The van der Waals surface area contributed by atoms with E-state index in [-0.39, 0.29) is 11.6 Å². The molecule has 3 rings (SSSR count). The van der Waals surface area contributed by atoms with Gasteiger partial charge in [0.25, 0.3) is 5.91 Å². The summed E-state index contributed by atoms with van der Waals surface area (Å²) >= 11 is 0. The van der Waals surface area contributed by atoms with E-state index in [2.05, 4.69) is 22.3 Å². The van der Waals surface area contributed by atoms with Gasteiger partial charge in [-0.2, -0.15) is 0 Å². The SMILES string of the molecule is C[C@@H](CNC(=O)c1cc(-c2ccco2)on1)N1CCCC1. The van der Waals surface area contributed by atoms with Gasteiger partial charge in [0.15, 0.2) is 11.5 Å². The number of hydrogen-bond donors (Lipinski definition) is 1. The van der Waals surface area contributed by atoms with Crippen molar-refractivity contribution in [1.29, 1.82) is 0 Å². The van der Waals surface area contributed by atoms with Crippen LogP contribution in [0.3, 0.4) is 0 Å². The minimum Gasteiger partial charge on any atom is -0.461 e. The Morgan fingerprint density at radius 2 is 2.24 bits per heavy atom. The fourth-order valence-electron chi connectivity index (χ4n) is 2.56. The molecule has 0 radical (unpaired) electrons. The van der Waals surface area contributed by atoms with Gasteiger partial charge in [-0.15, -0.1) is 0 Å². The van der Waals surface area contributed by atoms with Crippen LogP contribution >= 0.6 is 0 Å². The molecule has 1 saturated heterocycles. The third-order valence-electron chi connectivity index (χ3n) is 3.83. The molecule has 2 aromatic heterocycles. The van der Waals surface area contributed by atoms with E-state index in [0.717, 1.165) is 13.1 Å². The van der Waals surface area contributed by atoms with E-state index in [1.807, 2.05) is 0 Å². The van der Waals surface area contributed by atoms with Crippen molar-refractivity contribution in [3.63, 3.8) is 0 Å². The van der Waals surface area contributed by atoms with Crippen molar-refractivity contribution in [3.05, 3.63) is 30.2 Å². The quantitative estimate of drug-likeness (QED) is 0.913. The molecule has 0 saturated carbocycles. The predicted octanol–water partition coefficient (Wildman–Crippen LogP) is 2.15. The number of carbonyl (C=O) groups excluding carboxylic acids is 1. The first-order valence-electron chi connectivity index (χ1n) is 7.27. The van der Waals surface area contributed by atoms with Crippen molar-refractivity contribution >= 4 is 5.91 Å². The van der Waals surface area contributed by atoms with Crippen molar-refractivity contribution in [2.24, 2.45) is 0 Å². The molecule has 0 spiro atoms. The van der Waals surface area contributed by atoms with Crippen LogP contribution in [0.1, 0.15) is 30.3 Å². The van der Waals surface area contributed by atoms with Crippen LogP contribution in [0.15, 0.2) is 33.4 Å². The second-order valence-corrected chi connectivity index (χ2v) is 5.36. The van der Waals surface area contributed by atoms with E-state index >= 15 is 0 Å². The highest BCUT2D eigenvalue weighted by Gasteiger charge is 2.20. The van der Waals surface area contributed by atoms with Gasteiger partial charge < -0.3 is 14.3 Å². The van der Waals surface area contributed by atoms with Crippen molar-refractivity contribution in [3.8, 4) is 11.5 Å². The van der Waals surface area contributed by atoms with E-state index < -0.39 is 0 Å². The molecule has 112 valence electrons. The number of rotatable bonds is 5. The number of aromatic nitrogens is 1. The van der Waals surface area contributed by atoms with Crippen LogP contribution in [0.2, 0.25) is 0 Å². The molecular formula is C15H19N3O3. The van der Waals surface area contributed by atoms with Gasteiger partial charge in [0.1, 0.15) is 0 Å². The molecule has 0 aliphatic carbocycles. The second kappa shape index (κ2) is 6.13. The normalized spacial score (nSPS) is 17.0. The fraction of sp³-hybridized carbons (Fsp3) is 0.467. The molecule has 1 fully saturated rings. The summed E-state index contributed by atoms with van der Waals surface area (Å²) in [5, 5.41) is 6.69. The maximum atomic E-state index is 12.1. The van der Waals surface area contributed by atoms with E-state index in [1.165, 1.54) is 12.8 Å². The summed E-state index contributed by atoms with van der Waals surface area (Å²) in [5.74, 6) is 0.798. The number of hydrogen-bond acceptors (Lipinski definition) is 5. The Morgan fingerprint density at radius 1 is 1.43 bits per heavy atom. The summed E-state index contributed by atoms with van der Waals surface area (Å²) in [6, 6.07) is 5.45. The Balaban J connectivity index is 1.55. The molecule has 3 heterocycles. The van der Waals surface area contributed by atoms with Crippen LogP contribution in [0, 0.1) is 0 Å². The van der Waals surface area contributed by atoms with Crippen LogP contribution < -0.4 is 5.32 Å². The average molecular weight is 289 g/mol. The molecule has 6 nitrogen and oxygen atoms in total. The summed E-state index contributed by atoms with van der Waals surface area (Å²) < 4.78 is 10.3. The van der Waals surface area contributed by atoms with Gasteiger partial charge in [-0.3, -0.25) is 9.69 Å². The first kappa shape index (κ1) is 13.9. The number of carbonyl (C=O) groups is 1. The van der Waals surface area contributed by atoms with Crippen molar-refractivity contribution in [1.82, 2.24) is 15.4 Å². The van der Waals surface area contributed by atoms with Gasteiger partial charge in [-0.05, 0) is 45.0 Å². The maximum absolute atomic E-state index is 12.1. The van der Waals surface area contributed by atoms with E-state index in [0.29, 0.717) is 24.1 Å². The average Bonchev–Trinajstić information content (AvgIpc) is 3.25. The summed E-state index contributed by atoms with van der Waals surface area (Å²) in [5.41, 5.74) is 0.273. The molecule has 21 heavy (non-hydrogen) atoms. The zero-order valence-electron chi connectivity index (χ0n) is 12.0. The first-order valence-corrected chi connectivity index (χ1v) is 7.27. The lowest BCUT2D eigenvalue weighted by Gasteiger charge is -2.23. The minimum absolute atomic E-state index is 0.220. The highest BCUT2D eigenvalue weighted by atomic mass is 16.5. The highest BCUT2D eigenvalue weighted by Crippen LogP contribution is 2.20. The van der Waals surface area contributed by atoms with Crippen molar-refractivity contribution in [2.45, 2.75) is 25.8 Å².